The van der Waals surface area contributed by atoms with E-state index >= 15 is 0 Å². The second kappa shape index (κ2) is 7.88. The summed E-state index contributed by atoms with van der Waals surface area (Å²) < 4.78 is 30.6. The largest absolute Gasteiger partial charge is 0.481 e. The lowest BCUT2D eigenvalue weighted by atomic mass is 10.3. The molecule has 2 rings (SSSR count). The fourth-order valence-electron chi connectivity index (χ4n) is 1.98. The molecule has 0 saturated heterocycles. The molecule has 0 bridgehead atoms. The SMILES string of the molecule is CC(Oc1ccc(N(C)S(C)(=O)=O)cc1)C(=O)Nc1ccccc1Br. The molecule has 2 aromatic carbocycles. The van der Waals surface area contributed by atoms with Crippen LogP contribution in [0, 0.1) is 0 Å². The van der Waals surface area contributed by atoms with Crippen molar-refractivity contribution in [2.75, 3.05) is 22.9 Å². The molecule has 0 spiro atoms. The van der Waals surface area contributed by atoms with E-state index in [0.717, 1.165) is 10.7 Å². The van der Waals surface area contributed by atoms with Crippen LogP contribution in [0.15, 0.2) is 53.0 Å². The van der Waals surface area contributed by atoms with Gasteiger partial charge in [0.25, 0.3) is 5.91 Å². The van der Waals surface area contributed by atoms with Crippen molar-refractivity contribution in [1.82, 2.24) is 0 Å². The van der Waals surface area contributed by atoms with Crippen LogP contribution in [0.1, 0.15) is 6.92 Å². The Kier molecular flexibility index (Phi) is 6.07. The standard InChI is InChI=1S/C17H19BrN2O4S/c1-12(17(21)19-16-7-5-4-6-15(16)18)24-14-10-8-13(9-11-14)20(2)25(3,22)23/h4-12H,1-3H3,(H,19,21). The van der Waals surface area contributed by atoms with Crippen molar-refractivity contribution in [3.8, 4) is 5.75 Å². The van der Waals surface area contributed by atoms with Gasteiger partial charge in [-0.3, -0.25) is 9.10 Å². The lowest BCUT2D eigenvalue weighted by Gasteiger charge is -2.18. The van der Waals surface area contributed by atoms with Gasteiger partial charge in [-0.25, -0.2) is 8.42 Å². The second-order valence-electron chi connectivity index (χ2n) is 5.45. The van der Waals surface area contributed by atoms with Gasteiger partial charge in [0.05, 0.1) is 17.6 Å². The third-order valence-corrected chi connectivity index (χ3v) is 5.41. The number of nitrogens with one attached hydrogen (secondary N) is 1. The van der Waals surface area contributed by atoms with Crippen LogP contribution in [0.3, 0.4) is 0 Å². The highest BCUT2D eigenvalue weighted by Gasteiger charge is 2.17. The summed E-state index contributed by atoms with van der Waals surface area (Å²) in [5, 5.41) is 2.78. The lowest BCUT2D eigenvalue weighted by molar-refractivity contribution is -0.122. The third kappa shape index (κ3) is 5.20. The summed E-state index contributed by atoms with van der Waals surface area (Å²) in [6, 6.07) is 13.8. The molecular formula is C17H19BrN2O4S. The minimum absolute atomic E-state index is 0.288. The van der Waals surface area contributed by atoms with E-state index in [4.69, 9.17) is 4.74 Å². The molecule has 134 valence electrons. The number of nitrogens with zero attached hydrogens (tertiary/aromatic N) is 1. The van der Waals surface area contributed by atoms with Gasteiger partial charge in [-0.2, -0.15) is 0 Å². The van der Waals surface area contributed by atoms with Crippen LogP contribution in [0.4, 0.5) is 11.4 Å². The molecule has 0 aliphatic heterocycles. The van der Waals surface area contributed by atoms with Crippen LogP contribution in [-0.2, 0) is 14.8 Å². The zero-order valence-corrected chi connectivity index (χ0v) is 16.5. The number of amides is 1. The highest BCUT2D eigenvalue weighted by atomic mass is 79.9. The van der Waals surface area contributed by atoms with Gasteiger partial charge in [-0.05, 0) is 59.3 Å². The fraction of sp³-hybridized carbons (Fsp3) is 0.235. The van der Waals surface area contributed by atoms with Gasteiger partial charge in [0, 0.05) is 11.5 Å². The van der Waals surface area contributed by atoms with E-state index in [2.05, 4.69) is 21.2 Å². The molecule has 0 aliphatic carbocycles. The van der Waals surface area contributed by atoms with E-state index in [0.29, 0.717) is 17.1 Å². The summed E-state index contributed by atoms with van der Waals surface area (Å²) in [6.45, 7) is 1.64. The summed E-state index contributed by atoms with van der Waals surface area (Å²) in [7, 11) is -1.85. The molecule has 0 heterocycles. The molecule has 0 aliphatic rings. The number of benzene rings is 2. The van der Waals surface area contributed by atoms with Crippen LogP contribution in [0.2, 0.25) is 0 Å². The summed E-state index contributed by atoms with van der Waals surface area (Å²) in [5.74, 6) is 0.185. The van der Waals surface area contributed by atoms with Crippen molar-refractivity contribution in [3.63, 3.8) is 0 Å². The number of rotatable bonds is 6. The van der Waals surface area contributed by atoms with Crippen LogP contribution >= 0.6 is 15.9 Å². The van der Waals surface area contributed by atoms with Gasteiger partial charge >= 0.3 is 0 Å². The number of carbonyl (C=O) groups excluding carboxylic acids is 1. The Morgan fingerprint density at radius 3 is 2.32 bits per heavy atom. The Balaban J connectivity index is 2.02. The molecule has 2 aromatic rings. The number of carbonyl (C=O) groups is 1. The fourth-order valence-corrected chi connectivity index (χ4v) is 2.87. The Hall–Kier alpha value is -2.06. The molecule has 6 nitrogen and oxygen atoms in total. The monoisotopic (exact) mass is 426 g/mol. The average molecular weight is 427 g/mol. The van der Waals surface area contributed by atoms with E-state index in [1.807, 2.05) is 18.2 Å². The van der Waals surface area contributed by atoms with Crippen molar-refractivity contribution >= 4 is 43.2 Å². The van der Waals surface area contributed by atoms with Gasteiger partial charge in [-0.15, -0.1) is 0 Å². The molecular weight excluding hydrogens is 408 g/mol. The van der Waals surface area contributed by atoms with E-state index in [1.165, 1.54) is 11.4 Å². The molecule has 0 saturated carbocycles. The molecule has 0 radical (unpaired) electrons. The predicted molar refractivity (Wildman–Crippen MR) is 103 cm³/mol. The molecule has 1 atom stereocenters. The smallest absolute Gasteiger partial charge is 0.265 e. The molecule has 0 fully saturated rings. The Morgan fingerprint density at radius 2 is 1.76 bits per heavy atom. The Bertz CT molecular complexity index is 853. The van der Waals surface area contributed by atoms with Crippen LogP contribution in [0.5, 0.6) is 5.75 Å². The number of sulfonamides is 1. The number of hydrogen-bond acceptors (Lipinski definition) is 4. The zero-order valence-electron chi connectivity index (χ0n) is 14.1. The number of ether oxygens (including phenoxy) is 1. The van der Waals surface area contributed by atoms with Crippen molar-refractivity contribution in [1.29, 1.82) is 0 Å². The van der Waals surface area contributed by atoms with E-state index < -0.39 is 16.1 Å². The van der Waals surface area contributed by atoms with Gasteiger partial charge in [-0.1, -0.05) is 12.1 Å². The second-order valence-corrected chi connectivity index (χ2v) is 8.32. The zero-order chi connectivity index (χ0) is 18.6. The average Bonchev–Trinajstić information content (AvgIpc) is 2.56. The minimum atomic E-state index is -3.32. The first kappa shape index (κ1) is 19.3. The van der Waals surface area contributed by atoms with Crippen LogP contribution in [-0.4, -0.2) is 33.7 Å². The van der Waals surface area contributed by atoms with Gasteiger partial charge in [0.2, 0.25) is 10.0 Å². The van der Waals surface area contributed by atoms with Crippen molar-refractivity contribution in [2.24, 2.45) is 0 Å². The molecule has 1 N–H and O–H groups in total. The summed E-state index contributed by atoms with van der Waals surface area (Å²) in [5.41, 5.74) is 1.17. The normalized spacial score (nSPS) is 12.3. The van der Waals surface area contributed by atoms with E-state index in [9.17, 15) is 13.2 Å². The maximum Gasteiger partial charge on any atom is 0.265 e. The van der Waals surface area contributed by atoms with Crippen LogP contribution < -0.4 is 14.4 Å². The number of anilines is 2. The summed E-state index contributed by atoms with van der Waals surface area (Å²) in [4.78, 5) is 12.2. The quantitative estimate of drug-likeness (QED) is 0.768. The maximum absolute atomic E-state index is 12.2. The van der Waals surface area contributed by atoms with Gasteiger partial charge in [0.1, 0.15) is 5.75 Å². The first-order valence-corrected chi connectivity index (χ1v) is 10.1. The highest BCUT2D eigenvalue weighted by Crippen LogP contribution is 2.23. The topological polar surface area (TPSA) is 75.7 Å². The molecule has 25 heavy (non-hydrogen) atoms. The van der Waals surface area contributed by atoms with E-state index in [-0.39, 0.29) is 5.91 Å². The van der Waals surface area contributed by atoms with Gasteiger partial charge < -0.3 is 10.1 Å². The molecule has 1 amide bonds. The van der Waals surface area contributed by atoms with Crippen LogP contribution in [0.25, 0.3) is 0 Å². The third-order valence-electron chi connectivity index (χ3n) is 3.51. The number of halogens is 1. The highest BCUT2D eigenvalue weighted by molar-refractivity contribution is 9.10. The first-order chi connectivity index (χ1) is 11.7. The molecule has 1 unspecified atom stereocenters. The number of hydrogen-bond donors (Lipinski definition) is 1. The summed E-state index contributed by atoms with van der Waals surface area (Å²) >= 11 is 3.37. The predicted octanol–water partition coefficient (Wildman–Crippen LogP) is 3.25. The van der Waals surface area contributed by atoms with E-state index in [1.54, 1.807) is 37.3 Å². The van der Waals surface area contributed by atoms with Crippen molar-refractivity contribution in [2.45, 2.75) is 13.0 Å². The molecule has 0 aromatic heterocycles. The maximum atomic E-state index is 12.2. The number of para-hydroxylation sites is 1. The van der Waals surface area contributed by atoms with Crippen molar-refractivity contribution < 1.29 is 17.9 Å². The van der Waals surface area contributed by atoms with Crippen molar-refractivity contribution in [3.05, 3.63) is 53.0 Å². The molecule has 8 heteroatoms. The minimum Gasteiger partial charge on any atom is -0.481 e. The Labute approximate surface area is 156 Å². The Morgan fingerprint density at radius 1 is 1.16 bits per heavy atom. The first-order valence-electron chi connectivity index (χ1n) is 7.44. The summed E-state index contributed by atoms with van der Waals surface area (Å²) in [6.07, 6.45) is 0.413. The lowest BCUT2D eigenvalue weighted by Crippen LogP contribution is -2.30. The van der Waals surface area contributed by atoms with Gasteiger partial charge in [0.15, 0.2) is 6.10 Å².